The molecule has 0 radical (unpaired) electrons. The fourth-order valence-electron chi connectivity index (χ4n) is 2.03. The van der Waals surface area contributed by atoms with Gasteiger partial charge in [0.2, 0.25) is 0 Å². The van der Waals surface area contributed by atoms with E-state index < -0.39 is 5.79 Å². The van der Waals surface area contributed by atoms with Crippen molar-refractivity contribution in [1.82, 2.24) is 0 Å². The molecule has 1 aliphatic rings. The van der Waals surface area contributed by atoms with Crippen molar-refractivity contribution in [2.45, 2.75) is 31.7 Å². The average molecular weight is 218 g/mol. The van der Waals surface area contributed by atoms with Gasteiger partial charge in [0.15, 0.2) is 5.79 Å². The van der Waals surface area contributed by atoms with E-state index in [0.717, 1.165) is 0 Å². The van der Waals surface area contributed by atoms with Crippen LogP contribution < -0.4 is 0 Å². The molecule has 0 aromatic heterocycles. The second-order valence-corrected chi connectivity index (χ2v) is 4.55. The molecule has 0 amide bonds. The molecule has 2 heteroatoms. The summed E-state index contributed by atoms with van der Waals surface area (Å²) < 4.78 is 11.5. The van der Waals surface area contributed by atoms with Crippen LogP contribution in [0.15, 0.2) is 43.0 Å². The zero-order valence-electron chi connectivity index (χ0n) is 9.85. The van der Waals surface area contributed by atoms with E-state index in [1.165, 1.54) is 5.56 Å². The zero-order valence-corrected chi connectivity index (χ0v) is 9.85. The molecule has 2 atom stereocenters. The van der Waals surface area contributed by atoms with E-state index in [9.17, 15) is 0 Å². The Hall–Kier alpha value is -1.12. The molecular weight excluding hydrogens is 200 g/mol. The standard InChI is InChI=1S/C14H18O2/c1-4-13-12(10-15-14(2,3)16-13)11-8-6-5-7-9-11/h4-9,12-13H,1,10H2,2-3H3/t12-,13-/m1/s1. The highest BCUT2D eigenvalue weighted by Crippen LogP contribution is 2.33. The van der Waals surface area contributed by atoms with Crippen LogP contribution in [0.2, 0.25) is 0 Å². The van der Waals surface area contributed by atoms with E-state index in [2.05, 4.69) is 18.7 Å². The first kappa shape index (κ1) is 11.4. The van der Waals surface area contributed by atoms with Gasteiger partial charge < -0.3 is 9.47 Å². The number of rotatable bonds is 2. The lowest BCUT2D eigenvalue weighted by molar-refractivity contribution is -0.270. The molecular formula is C14H18O2. The van der Waals surface area contributed by atoms with Crippen molar-refractivity contribution in [1.29, 1.82) is 0 Å². The molecule has 0 spiro atoms. The molecule has 1 saturated heterocycles. The molecule has 1 aromatic rings. The maximum atomic E-state index is 5.85. The van der Waals surface area contributed by atoms with Gasteiger partial charge in [-0.1, -0.05) is 36.4 Å². The summed E-state index contributed by atoms with van der Waals surface area (Å²) in [6.45, 7) is 8.39. The van der Waals surface area contributed by atoms with Crippen LogP contribution >= 0.6 is 0 Å². The fraction of sp³-hybridized carbons (Fsp3) is 0.429. The molecule has 0 N–H and O–H groups in total. The van der Waals surface area contributed by atoms with Crippen molar-refractivity contribution in [2.24, 2.45) is 0 Å². The molecule has 86 valence electrons. The largest absolute Gasteiger partial charge is 0.350 e. The minimum atomic E-state index is -0.510. The Balaban J connectivity index is 2.20. The number of hydrogen-bond acceptors (Lipinski definition) is 2. The van der Waals surface area contributed by atoms with Gasteiger partial charge in [0.1, 0.15) is 0 Å². The first-order valence-corrected chi connectivity index (χ1v) is 5.62. The van der Waals surface area contributed by atoms with Crippen LogP contribution in [0.4, 0.5) is 0 Å². The highest BCUT2D eigenvalue weighted by Gasteiger charge is 2.35. The van der Waals surface area contributed by atoms with Crippen molar-refractivity contribution >= 4 is 0 Å². The molecule has 2 nitrogen and oxygen atoms in total. The Kier molecular flexibility index (Phi) is 3.13. The van der Waals surface area contributed by atoms with Crippen molar-refractivity contribution < 1.29 is 9.47 Å². The maximum Gasteiger partial charge on any atom is 0.163 e. The molecule has 0 aliphatic carbocycles. The van der Waals surface area contributed by atoms with Gasteiger partial charge in [-0.3, -0.25) is 0 Å². The van der Waals surface area contributed by atoms with E-state index in [-0.39, 0.29) is 12.0 Å². The number of benzene rings is 1. The van der Waals surface area contributed by atoms with Crippen molar-refractivity contribution in [2.75, 3.05) is 6.61 Å². The minimum absolute atomic E-state index is 0.0196. The van der Waals surface area contributed by atoms with E-state index in [4.69, 9.17) is 9.47 Å². The predicted octanol–water partition coefficient (Wildman–Crippen LogP) is 3.11. The van der Waals surface area contributed by atoms with E-state index in [1.54, 1.807) is 0 Å². The van der Waals surface area contributed by atoms with E-state index in [0.29, 0.717) is 6.61 Å². The molecule has 2 rings (SSSR count). The molecule has 1 aliphatic heterocycles. The van der Waals surface area contributed by atoms with Crippen molar-refractivity contribution in [3.8, 4) is 0 Å². The quantitative estimate of drug-likeness (QED) is 0.710. The molecule has 1 fully saturated rings. The minimum Gasteiger partial charge on any atom is -0.350 e. The Morgan fingerprint density at radius 3 is 2.62 bits per heavy atom. The Morgan fingerprint density at radius 2 is 2.00 bits per heavy atom. The Bertz CT molecular complexity index is 356. The molecule has 0 unspecified atom stereocenters. The lowest BCUT2D eigenvalue weighted by Gasteiger charge is -2.40. The van der Waals surface area contributed by atoms with Crippen LogP contribution in [0.3, 0.4) is 0 Å². The Morgan fingerprint density at radius 1 is 1.31 bits per heavy atom. The first-order chi connectivity index (χ1) is 7.62. The third kappa shape index (κ3) is 2.34. The molecule has 0 saturated carbocycles. The molecule has 1 aromatic carbocycles. The summed E-state index contributed by atoms with van der Waals surface area (Å²) in [6, 6.07) is 10.3. The first-order valence-electron chi connectivity index (χ1n) is 5.62. The topological polar surface area (TPSA) is 18.5 Å². The maximum absolute atomic E-state index is 5.85. The second kappa shape index (κ2) is 4.40. The van der Waals surface area contributed by atoms with Gasteiger partial charge in [-0.05, 0) is 19.4 Å². The lowest BCUT2D eigenvalue weighted by Crippen LogP contribution is -2.43. The number of ether oxygens (including phenoxy) is 2. The SMILES string of the molecule is C=C[C@H]1OC(C)(C)OC[C@@H]1c1ccccc1. The van der Waals surface area contributed by atoms with Gasteiger partial charge in [0, 0.05) is 5.92 Å². The van der Waals surface area contributed by atoms with Crippen LogP contribution in [0, 0.1) is 0 Å². The lowest BCUT2D eigenvalue weighted by atomic mass is 9.92. The molecule has 0 bridgehead atoms. The summed E-state index contributed by atoms with van der Waals surface area (Å²) in [5.74, 6) is -0.267. The second-order valence-electron chi connectivity index (χ2n) is 4.55. The average Bonchev–Trinajstić information content (AvgIpc) is 2.29. The van der Waals surface area contributed by atoms with Crippen LogP contribution in [0.1, 0.15) is 25.3 Å². The third-order valence-electron chi connectivity index (χ3n) is 2.89. The fourth-order valence-corrected chi connectivity index (χ4v) is 2.03. The third-order valence-corrected chi connectivity index (χ3v) is 2.89. The summed E-state index contributed by atoms with van der Waals surface area (Å²) in [5.41, 5.74) is 1.24. The van der Waals surface area contributed by atoms with Crippen LogP contribution in [0.5, 0.6) is 0 Å². The van der Waals surface area contributed by atoms with Crippen molar-refractivity contribution in [3.05, 3.63) is 48.6 Å². The van der Waals surface area contributed by atoms with E-state index >= 15 is 0 Å². The van der Waals surface area contributed by atoms with Gasteiger partial charge in [0.25, 0.3) is 0 Å². The summed E-state index contributed by atoms with van der Waals surface area (Å²) in [7, 11) is 0. The van der Waals surface area contributed by atoms with Crippen LogP contribution in [-0.4, -0.2) is 18.5 Å². The zero-order chi connectivity index (χ0) is 11.6. The van der Waals surface area contributed by atoms with Gasteiger partial charge >= 0.3 is 0 Å². The smallest absolute Gasteiger partial charge is 0.163 e. The van der Waals surface area contributed by atoms with Gasteiger partial charge in [0.05, 0.1) is 12.7 Å². The summed E-state index contributed by atoms with van der Waals surface area (Å²) >= 11 is 0. The highest BCUT2D eigenvalue weighted by molar-refractivity contribution is 5.23. The normalized spacial score (nSPS) is 28.6. The van der Waals surface area contributed by atoms with E-state index in [1.807, 2.05) is 38.1 Å². The monoisotopic (exact) mass is 218 g/mol. The predicted molar refractivity (Wildman–Crippen MR) is 64.3 cm³/mol. The van der Waals surface area contributed by atoms with Crippen molar-refractivity contribution in [3.63, 3.8) is 0 Å². The number of hydrogen-bond donors (Lipinski definition) is 0. The summed E-state index contributed by atoms with van der Waals surface area (Å²) in [5, 5.41) is 0. The molecule has 1 heterocycles. The molecule has 16 heavy (non-hydrogen) atoms. The van der Waals surface area contributed by atoms with Gasteiger partial charge in [-0.15, -0.1) is 6.58 Å². The highest BCUT2D eigenvalue weighted by atomic mass is 16.7. The summed E-state index contributed by atoms with van der Waals surface area (Å²) in [4.78, 5) is 0. The Labute approximate surface area is 96.9 Å². The van der Waals surface area contributed by atoms with Gasteiger partial charge in [-0.25, -0.2) is 0 Å². The summed E-state index contributed by atoms with van der Waals surface area (Å²) in [6.07, 6.45) is 1.88. The van der Waals surface area contributed by atoms with Crippen LogP contribution in [-0.2, 0) is 9.47 Å². The van der Waals surface area contributed by atoms with Crippen LogP contribution in [0.25, 0.3) is 0 Å². The van der Waals surface area contributed by atoms with Gasteiger partial charge in [-0.2, -0.15) is 0 Å².